The quantitative estimate of drug-likeness (QED) is 0.160. The fraction of sp³-hybridized carbons (Fsp3) is 0.172. The maximum atomic E-state index is 6.46. The maximum absolute atomic E-state index is 6.46. The van der Waals surface area contributed by atoms with Crippen LogP contribution >= 0.6 is 0 Å². The van der Waals surface area contributed by atoms with Gasteiger partial charge in [0.2, 0.25) is 0 Å². The highest BCUT2D eigenvalue weighted by Gasteiger charge is 2.24. The standard InChI is InChI=1S/C56H49NO.C2H6/c1-55(2,3)44-34-43(35-45(37-44)56(4,5)6)42-28-33-48(49-21-15-23-53-54(49)50-20-13-14-22-52(50)58-53)51(36-42)57(46-29-24-40(25-30-46)38-16-9-7-10-17-38)47-31-26-41(27-32-47)39-18-11-8-12-19-39;1-2/h7-37H,1-6H3;1-2H3. The van der Waals surface area contributed by atoms with Gasteiger partial charge in [0.05, 0.1) is 5.69 Å². The first-order valence-corrected chi connectivity index (χ1v) is 21.3. The van der Waals surface area contributed by atoms with Gasteiger partial charge in [0, 0.05) is 27.7 Å². The van der Waals surface area contributed by atoms with Crippen molar-refractivity contribution in [2.24, 2.45) is 0 Å². The van der Waals surface area contributed by atoms with Crippen molar-refractivity contribution >= 4 is 39.0 Å². The van der Waals surface area contributed by atoms with Gasteiger partial charge in [-0.05, 0) is 103 Å². The van der Waals surface area contributed by atoms with E-state index in [0.717, 1.165) is 50.1 Å². The second-order valence-corrected chi connectivity index (χ2v) is 17.5. The van der Waals surface area contributed by atoms with Crippen LogP contribution in [0.5, 0.6) is 0 Å². The third-order valence-electron chi connectivity index (χ3n) is 11.4. The lowest BCUT2D eigenvalue weighted by molar-refractivity contribution is 0.569. The first-order valence-electron chi connectivity index (χ1n) is 21.3. The van der Waals surface area contributed by atoms with Crippen LogP contribution in [0.2, 0.25) is 0 Å². The van der Waals surface area contributed by atoms with Crippen LogP contribution in [0.15, 0.2) is 192 Å². The van der Waals surface area contributed by atoms with Gasteiger partial charge >= 0.3 is 0 Å². The lowest BCUT2D eigenvalue weighted by Crippen LogP contribution is -2.16. The van der Waals surface area contributed by atoms with Crippen LogP contribution in [0.1, 0.15) is 66.5 Å². The summed E-state index contributed by atoms with van der Waals surface area (Å²) in [5.74, 6) is 0. The molecule has 0 atom stereocenters. The van der Waals surface area contributed by atoms with Gasteiger partial charge < -0.3 is 9.32 Å². The number of fused-ring (bicyclic) bond motifs is 3. The minimum absolute atomic E-state index is 0.0101. The molecular weight excluding hydrogens is 727 g/mol. The largest absolute Gasteiger partial charge is 0.456 e. The molecule has 0 spiro atoms. The molecule has 0 saturated carbocycles. The van der Waals surface area contributed by atoms with Crippen molar-refractivity contribution in [3.63, 3.8) is 0 Å². The summed E-state index contributed by atoms with van der Waals surface area (Å²) in [5, 5.41) is 2.23. The topological polar surface area (TPSA) is 16.4 Å². The molecular formula is C58H55NO. The molecule has 9 rings (SSSR count). The highest BCUT2D eigenvalue weighted by molar-refractivity contribution is 6.14. The number of nitrogens with zero attached hydrogens (tertiary/aromatic N) is 1. The van der Waals surface area contributed by atoms with Crippen LogP contribution in [0, 0.1) is 0 Å². The van der Waals surface area contributed by atoms with E-state index in [-0.39, 0.29) is 10.8 Å². The summed E-state index contributed by atoms with van der Waals surface area (Å²) in [5.41, 5.74) is 17.1. The molecule has 2 nitrogen and oxygen atoms in total. The lowest BCUT2D eigenvalue weighted by atomic mass is 9.79. The van der Waals surface area contributed by atoms with E-state index in [4.69, 9.17) is 4.42 Å². The molecule has 2 heteroatoms. The lowest BCUT2D eigenvalue weighted by Gasteiger charge is -2.30. The van der Waals surface area contributed by atoms with E-state index in [1.54, 1.807) is 0 Å². The third kappa shape index (κ3) is 8.03. The zero-order chi connectivity index (χ0) is 42.0. The molecule has 0 aliphatic heterocycles. The summed E-state index contributed by atoms with van der Waals surface area (Å²) in [7, 11) is 0. The molecule has 0 fully saturated rings. The van der Waals surface area contributed by atoms with Crippen molar-refractivity contribution in [3.05, 3.63) is 199 Å². The van der Waals surface area contributed by atoms with Crippen molar-refractivity contribution in [2.75, 3.05) is 4.90 Å². The summed E-state index contributed by atoms with van der Waals surface area (Å²) < 4.78 is 6.46. The van der Waals surface area contributed by atoms with Crippen LogP contribution in [0.25, 0.3) is 66.4 Å². The van der Waals surface area contributed by atoms with Gasteiger partial charge in [0.1, 0.15) is 11.2 Å². The number of furan rings is 1. The summed E-state index contributed by atoms with van der Waals surface area (Å²) >= 11 is 0. The first kappa shape index (κ1) is 40.2. The Morgan fingerprint density at radius 2 is 0.833 bits per heavy atom. The Hall–Kier alpha value is -6.64. The van der Waals surface area contributed by atoms with Crippen LogP contribution in [-0.2, 0) is 10.8 Å². The van der Waals surface area contributed by atoms with Gasteiger partial charge in [-0.25, -0.2) is 0 Å². The van der Waals surface area contributed by atoms with Crippen molar-refractivity contribution in [1.82, 2.24) is 0 Å². The molecule has 298 valence electrons. The smallest absolute Gasteiger partial charge is 0.136 e. The van der Waals surface area contributed by atoms with E-state index < -0.39 is 0 Å². The number of hydrogen-bond donors (Lipinski definition) is 0. The molecule has 9 aromatic rings. The van der Waals surface area contributed by atoms with E-state index in [2.05, 4.69) is 228 Å². The summed E-state index contributed by atoms with van der Waals surface area (Å²) in [6.45, 7) is 17.9. The molecule has 1 aromatic heterocycles. The molecule has 0 unspecified atom stereocenters. The van der Waals surface area contributed by atoms with Gasteiger partial charge in [0.25, 0.3) is 0 Å². The Morgan fingerprint density at radius 1 is 0.367 bits per heavy atom. The summed E-state index contributed by atoms with van der Waals surface area (Å²) in [6, 6.07) is 68.3. The maximum Gasteiger partial charge on any atom is 0.136 e. The predicted octanol–water partition coefficient (Wildman–Crippen LogP) is 17.3. The molecule has 0 radical (unpaired) electrons. The molecule has 0 aliphatic rings. The summed E-state index contributed by atoms with van der Waals surface area (Å²) in [4.78, 5) is 2.43. The molecule has 0 saturated heterocycles. The van der Waals surface area contributed by atoms with Crippen LogP contribution in [0.4, 0.5) is 17.1 Å². The fourth-order valence-electron chi connectivity index (χ4n) is 8.08. The Kier molecular flexibility index (Phi) is 11.1. The van der Waals surface area contributed by atoms with Crippen LogP contribution in [0.3, 0.4) is 0 Å². The molecule has 1 heterocycles. The molecule has 0 amide bonds. The van der Waals surface area contributed by atoms with Crippen LogP contribution in [-0.4, -0.2) is 0 Å². The summed E-state index contributed by atoms with van der Waals surface area (Å²) in [6.07, 6.45) is 0. The van der Waals surface area contributed by atoms with E-state index in [1.807, 2.05) is 19.9 Å². The average Bonchev–Trinajstić information content (AvgIpc) is 3.67. The van der Waals surface area contributed by atoms with Gasteiger partial charge in [-0.1, -0.05) is 201 Å². The van der Waals surface area contributed by atoms with E-state index in [0.29, 0.717) is 0 Å². The number of hydrogen-bond acceptors (Lipinski definition) is 2. The predicted molar refractivity (Wildman–Crippen MR) is 259 cm³/mol. The zero-order valence-electron chi connectivity index (χ0n) is 36.3. The van der Waals surface area contributed by atoms with Crippen molar-refractivity contribution in [3.8, 4) is 44.5 Å². The van der Waals surface area contributed by atoms with Crippen molar-refractivity contribution in [1.29, 1.82) is 0 Å². The average molecular weight is 782 g/mol. The van der Waals surface area contributed by atoms with Crippen molar-refractivity contribution < 1.29 is 4.42 Å². The van der Waals surface area contributed by atoms with E-state index >= 15 is 0 Å². The number of rotatable bonds is 7. The molecule has 8 aromatic carbocycles. The number of benzene rings is 8. The highest BCUT2D eigenvalue weighted by Crippen LogP contribution is 2.47. The monoisotopic (exact) mass is 781 g/mol. The number of anilines is 3. The first-order chi connectivity index (χ1) is 29.0. The molecule has 0 N–H and O–H groups in total. The Balaban J connectivity index is 0.00000246. The van der Waals surface area contributed by atoms with Crippen LogP contribution < -0.4 is 4.90 Å². The van der Waals surface area contributed by atoms with E-state index in [1.165, 1.54) is 44.5 Å². The highest BCUT2D eigenvalue weighted by atomic mass is 16.3. The third-order valence-corrected chi connectivity index (χ3v) is 11.4. The SMILES string of the molecule is CC.CC(C)(C)c1cc(-c2ccc(-c3cccc4oc5ccccc5c34)c(N(c3ccc(-c4ccccc4)cc3)c3ccc(-c4ccccc4)cc3)c2)cc(C(C)(C)C)c1. The molecule has 60 heavy (non-hydrogen) atoms. The molecule has 0 aliphatic carbocycles. The van der Waals surface area contributed by atoms with E-state index in [9.17, 15) is 0 Å². The van der Waals surface area contributed by atoms with Gasteiger partial charge in [0.15, 0.2) is 0 Å². The van der Waals surface area contributed by atoms with Crippen molar-refractivity contribution in [2.45, 2.75) is 66.2 Å². The Labute approximate surface area is 356 Å². The normalized spacial score (nSPS) is 11.7. The van der Waals surface area contributed by atoms with Gasteiger partial charge in [-0.3, -0.25) is 0 Å². The second kappa shape index (κ2) is 16.5. The Bertz CT molecular complexity index is 2750. The molecule has 0 bridgehead atoms. The Morgan fingerprint density at radius 3 is 1.37 bits per heavy atom. The fourth-order valence-corrected chi connectivity index (χ4v) is 8.08. The number of para-hydroxylation sites is 1. The zero-order valence-corrected chi connectivity index (χ0v) is 36.3. The van der Waals surface area contributed by atoms with Gasteiger partial charge in [-0.15, -0.1) is 0 Å². The minimum atomic E-state index is -0.0101. The minimum Gasteiger partial charge on any atom is -0.456 e. The van der Waals surface area contributed by atoms with Gasteiger partial charge in [-0.2, -0.15) is 0 Å². The second-order valence-electron chi connectivity index (χ2n) is 17.5.